The fourth-order valence-corrected chi connectivity index (χ4v) is 3.67. The lowest BCUT2D eigenvalue weighted by Crippen LogP contribution is -2.32. The molecule has 0 saturated carbocycles. The third-order valence-corrected chi connectivity index (χ3v) is 5.41. The van der Waals surface area contributed by atoms with Gasteiger partial charge in [-0.3, -0.25) is 0 Å². The van der Waals surface area contributed by atoms with Crippen LogP contribution in [-0.2, 0) is 10.0 Å². The van der Waals surface area contributed by atoms with Crippen LogP contribution < -0.4 is 0 Å². The Morgan fingerprint density at radius 3 is 2.67 bits per heavy atom. The molecule has 1 aromatic rings. The van der Waals surface area contributed by atoms with Gasteiger partial charge in [-0.2, -0.15) is 4.31 Å². The highest BCUT2D eigenvalue weighted by Crippen LogP contribution is 2.27. The minimum atomic E-state index is -3.49. The van der Waals surface area contributed by atoms with Crippen molar-refractivity contribution in [1.29, 1.82) is 0 Å². The minimum absolute atomic E-state index is 0.231. The summed E-state index contributed by atoms with van der Waals surface area (Å²) in [6.45, 7) is 6.29. The standard InChI is InChI=1S/C12H15BrClNO2S/c1-3-7-15(8-4-2)18(16,17)10-5-6-12(14)11(13)9-10/h3,5-6,9H,1,4,7-8H2,2H3. The molecule has 0 aromatic heterocycles. The van der Waals surface area contributed by atoms with E-state index in [-0.39, 0.29) is 4.90 Å². The molecule has 0 aliphatic carbocycles. The summed E-state index contributed by atoms with van der Waals surface area (Å²) in [5.74, 6) is 0. The zero-order valence-electron chi connectivity index (χ0n) is 10.1. The van der Waals surface area contributed by atoms with Gasteiger partial charge in [-0.1, -0.05) is 24.6 Å². The summed E-state index contributed by atoms with van der Waals surface area (Å²) < 4.78 is 26.7. The van der Waals surface area contributed by atoms with Crippen molar-refractivity contribution in [3.8, 4) is 0 Å². The summed E-state index contributed by atoms with van der Waals surface area (Å²) in [6.07, 6.45) is 2.33. The van der Waals surface area contributed by atoms with E-state index in [1.54, 1.807) is 12.1 Å². The van der Waals surface area contributed by atoms with E-state index in [0.717, 1.165) is 6.42 Å². The van der Waals surface area contributed by atoms with E-state index in [4.69, 9.17) is 11.6 Å². The van der Waals surface area contributed by atoms with Crippen molar-refractivity contribution in [2.24, 2.45) is 0 Å². The zero-order valence-corrected chi connectivity index (χ0v) is 13.2. The number of benzene rings is 1. The van der Waals surface area contributed by atoms with Crippen LogP contribution in [0.4, 0.5) is 0 Å². The molecule has 100 valence electrons. The fourth-order valence-electron chi connectivity index (χ4n) is 1.49. The number of rotatable bonds is 6. The number of nitrogens with zero attached hydrogens (tertiary/aromatic N) is 1. The van der Waals surface area contributed by atoms with Crippen molar-refractivity contribution >= 4 is 37.6 Å². The number of hydrogen-bond acceptors (Lipinski definition) is 2. The molecule has 6 heteroatoms. The predicted octanol–water partition coefficient (Wildman–Crippen LogP) is 3.69. The monoisotopic (exact) mass is 351 g/mol. The summed E-state index contributed by atoms with van der Waals surface area (Å²) >= 11 is 9.09. The van der Waals surface area contributed by atoms with Crippen LogP contribution in [-0.4, -0.2) is 25.8 Å². The van der Waals surface area contributed by atoms with Gasteiger partial charge in [0.15, 0.2) is 0 Å². The lowest BCUT2D eigenvalue weighted by molar-refractivity contribution is 0.441. The van der Waals surface area contributed by atoms with Crippen LogP contribution in [0.25, 0.3) is 0 Å². The largest absolute Gasteiger partial charge is 0.243 e. The van der Waals surface area contributed by atoms with Crippen LogP contribution in [0.15, 0.2) is 40.2 Å². The first-order chi connectivity index (χ1) is 8.43. The maximum absolute atomic E-state index is 12.4. The molecule has 0 heterocycles. The van der Waals surface area contributed by atoms with Gasteiger partial charge in [-0.25, -0.2) is 8.42 Å². The molecule has 0 saturated heterocycles. The zero-order chi connectivity index (χ0) is 13.8. The lowest BCUT2D eigenvalue weighted by atomic mass is 10.4. The Hall–Kier alpha value is -0.360. The quantitative estimate of drug-likeness (QED) is 0.732. The first-order valence-electron chi connectivity index (χ1n) is 5.49. The van der Waals surface area contributed by atoms with Gasteiger partial charge in [-0.05, 0) is 40.5 Å². The average Bonchev–Trinajstić information content (AvgIpc) is 2.32. The Morgan fingerprint density at radius 1 is 1.50 bits per heavy atom. The normalized spacial score (nSPS) is 11.8. The Balaban J connectivity index is 3.17. The summed E-state index contributed by atoms with van der Waals surface area (Å²) in [4.78, 5) is 0.231. The first-order valence-corrected chi connectivity index (χ1v) is 8.10. The summed E-state index contributed by atoms with van der Waals surface area (Å²) in [6, 6.07) is 4.59. The van der Waals surface area contributed by atoms with E-state index in [1.807, 2.05) is 6.92 Å². The molecule has 0 radical (unpaired) electrons. The molecular formula is C12H15BrClNO2S. The average molecular weight is 353 g/mol. The molecule has 0 spiro atoms. The van der Waals surface area contributed by atoms with Crippen LogP contribution in [0.1, 0.15) is 13.3 Å². The molecule has 0 aliphatic rings. The van der Waals surface area contributed by atoms with Gasteiger partial charge in [-0.15, -0.1) is 6.58 Å². The van der Waals surface area contributed by atoms with E-state index in [2.05, 4.69) is 22.5 Å². The summed E-state index contributed by atoms with van der Waals surface area (Å²) in [5.41, 5.74) is 0. The molecule has 3 nitrogen and oxygen atoms in total. The SMILES string of the molecule is C=CCN(CCC)S(=O)(=O)c1ccc(Cl)c(Br)c1. The maximum atomic E-state index is 12.4. The molecule has 0 aliphatic heterocycles. The molecule has 0 N–H and O–H groups in total. The van der Waals surface area contributed by atoms with Gasteiger partial charge in [0.1, 0.15) is 0 Å². The highest BCUT2D eigenvalue weighted by molar-refractivity contribution is 9.10. The van der Waals surface area contributed by atoms with Gasteiger partial charge >= 0.3 is 0 Å². The molecule has 0 fully saturated rings. The minimum Gasteiger partial charge on any atom is -0.207 e. The molecule has 0 bridgehead atoms. The molecule has 18 heavy (non-hydrogen) atoms. The van der Waals surface area contributed by atoms with Crippen molar-refractivity contribution in [3.63, 3.8) is 0 Å². The number of hydrogen-bond donors (Lipinski definition) is 0. The Labute approximate surface area is 122 Å². The van der Waals surface area contributed by atoms with E-state index in [1.165, 1.54) is 16.4 Å². The molecule has 1 rings (SSSR count). The third-order valence-electron chi connectivity index (χ3n) is 2.33. The second-order valence-electron chi connectivity index (χ2n) is 3.73. The third kappa shape index (κ3) is 3.57. The molecule has 0 unspecified atom stereocenters. The smallest absolute Gasteiger partial charge is 0.207 e. The van der Waals surface area contributed by atoms with Gasteiger partial charge in [0, 0.05) is 17.6 Å². The maximum Gasteiger partial charge on any atom is 0.243 e. The lowest BCUT2D eigenvalue weighted by Gasteiger charge is -2.20. The van der Waals surface area contributed by atoms with E-state index >= 15 is 0 Å². The Morgan fingerprint density at radius 2 is 2.17 bits per heavy atom. The second kappa shape index (κ2) is 6.70. The molecule has 1 aromatic carbocycles. The summed E-state index contributed by atoms with van der Waals surface area (Å²) in [7, 11) is -3.49. The van der Waals surface area contributed by atoms with Gasteiger partial charge in [0.25, 0.3) is 0 Å². The second-order valence-corrected chi connectivity index (χ2v) is 6.93. The van der Waals surface area contributed by atoms with Crippen molar-refractivity contribution in [2.45, 2.75) is 18.2 Å². The number of sulfonamides is 1. The van der Waals surface area contributed by atoms with Crippen LogP contribution in [0.5, 0.6) is 0 Å². The van der Waals surface area contributed by atoms with Gasteiger partial charge in [0.05, 0.1) is 9.92 Å². The highest BCUT2D eigenvalue weighted by Gasteiger charge is 2.23. The number of halogens is 2. The van der Waals surface area contributed by atoms with Crippen LogP contribution >= 0.6 is 27.5 Å². The Kier molecular flexibility index (Phi) is 5.85. The van der Waals surface area contributed by atoms with Crippen molar-refractivity contribution in [2.75, 3.05) is 13.1 Å². The van der Waals surface area contributed by atoms with Crippen molar-refractivity contribution in [3.05, 3.63) is 40.3 Å². The van der Waals surface area contributed by atoms with Gasteiger partial charge < -0.3 is 0 Å². The first kappa shape index (κ1) is 15.7. The van der Waals surface area contributed by atoms with Crippen LogP contribution in [0.3, 0.4) is 0 Å². The van der Waals surface area contributed by atoms with Gasteiger partial charge in [0.2, 0.25) is 10.0 Å². The molecule has 0 atom stereocenters. The topological polar surface area (TPSA) is 37.4 Å². The summed E-state index contributed by atoms with van der Waals surface area (Å²) in [5, 5.41) is 0.486. The molecular weight excluding hydrogens is 338 g/mol. The van der Waals surface area contributed by atoms with Crippen molar-refractivity contribution < 1.29 is 8.42 Å². The van der Waals surface area contributed by atoms with Crippen molar-refractivity contribution in [1.82, 2.24) is 4.31 Å². The van der Waals surface area contributed by atoms with E-state index in [9.17, 15) is 8.42 Å². The van der Waals surface area contributed by atoms with Crippen LogP contribution in [0.2, 0.25) is 5.02 Å². The highest BCUT2D eigenvalue weighted by atomic mass is 79.9. The Bertz CT molecular complexity index is 531. The predicted molar refractivity (Wildman–Crippen MR) is 78.4 cm³/mol. The fraction of sp³-hybridized carbons (Fsp3) is 0.333. The van der Waals surface area contributed by atoms with Crippen LogP contribution in [0, 0.1) is 0 Å². The van der Waals surface area contributed by atoms with E-state index in [0.29, 0.717) is 22.6 Å². The van der Waals surface area contributed by atoms with E-state index < -0.39 is 10.0 Å². The molecule has 0 amide bonds.